The number of carbonyl (C=O) groups excluding carboxylic acids is 1. The first kappa shape index (κ1) is 11.0. The highest BCUT2D eigenvalue weighted by atomic mass is 16.5. The maximum atomic E-state index is 11.8. The Bertz CT molecular complexity index is 375. The van der Waals surface area contributed by atoms with E-state index in [4.69, 9.17) is 10.5 Å². The molecule has 1 atom stereocenters. The number of rotatable bonds is 2. The molecule has 1 fully saturated rings. The molecule has 2 rings (SSSR count). The maximum Gasteiger partial charge on any atom is 0.243 e. The summed E-state index contributed by atoms with van der Waals surface area (Å²) in [4.78, 5) is 13.6. The first-order chi connectivity index (χ1) is 7.72. The van der Waals surface area contributed by atoms with Gasteiger partial charge in [0, 0.05) is 12.2 Å². The zero-order valence-electron chi connectivity index (χ0n) is 9.35. The Morgan fingerprint density at radius 3 is 2.69 bits per heavy atom. The van der Waals surface area contributed by atoms with Crippen molar-refractivity contribution in [1.29, 1.82) is 0 Å². The summed E-state index contributed by atoms with van der Waals surface area (Å²) in [6.45, 7) is 0.749. The minimum Gasteiger partial charge on any atom is -0.497 e. The molecule has 86 valence electrons. The summed E-state index contributed by atoms with van der Waals surface area (Å²) < 4.78 is 5.08. The van der Waals surface area contributed by atoms with Gasteiger partial charge in [0.25, 0.3) is 0 Å². The van der Waals surface area contributed by atoms with Crippen LogP contribution in [0.4, 0.5) is 5.69 Å². The van der Waals surface area contributed by atoms with Crippen LogP contribution in [-0.4, -0.2) is 25.6 Å². The average molecular weight is 220 g/mol. The van der Waals surface area contributed by atoms with Gasteiger partial charge in [0.15, 0.2) is 0 Å². The van der Waals surface area contributed by atoms with Crippen LogP contribution >= 0.6 is 0 Å². The summed E-state index contributed by atoms with van der Waals surface area (Å²) >= 11 is 0. The Labute approximate surface area is 95.0 Å². The number of anilines is 1. The van der Waals surface area contributed by atoms with Gasteiger partial charge in [-0.2, -0.15) is 0 Å². The van der Waals surface area contributed by atoms with E-state index >= 15 is 0 Å². The van der Waals surface area contributed by atoms with Gasteiger partial charge in [-0.15, -0.1) is 0 Å². The van der Waals surface area contributed by atoms with Crippen molar-refractivity contribution in [1.82, 2.24) is 0 Å². The number of piperidine rings is 1. The van der Waals surface area contributed by atoms with Gasteiger partial charge in [0.2, 0.25) is 5.91 Å². The predicted molar refractivity (Wildman–Crippen MR) is 62.6 cm³/mol. The fraction of sp³-hybridized carbons (Fsp3) is 0.417. The molecule has 1 aromatic carbocycles. The molecule has 1 aliphatic rings. The van der Waals surface area contributed by atoms with Crippen molar-refractivity contribution in [2.75, 3.05) is 18.6 Å². The van der Waals surface area contributed by atoms with Crippen LogP contribution in [0, 0.1) is 0 Å². The van der Waals surface area contributed by atoms with E-state index in [0.717, 1.165) is 30.8 Å². The summed E-state index contributed by atoms with van der Waals surface area (Å²) in [5, 5.41) is 0. The fourth-order valence-corrected chi connectivity index (χ4v) is 1.92. The number of amides is 1. The summed E-state index contributed by atoms with van der Waals surface area (Å²) in [6, 6.07) is 7.12. The smallest absolute Gasteiger partial charge is 0.243 e. The zero-order chi connectivity index (χ0) is 11.5. The van der Waals surface area contributed by atoms with Crippen LogP contribution in [0.5, 0.6) is 5.75 Å². The monoisotopic (exact) mass is 220 g/mol. The first-order valence-electron chi connectivity index (χ1n) is 5.43. The standard InChI is InChI=1S/C12H16N2O2/c1-16-10-6-4-9(5-7-10)14-8-2-3-11(13)12(14)15/h4-7,11H,2-3,8,13H2,1H3. The number of methoxy groups -OCH3 is 1. The van der Waals surface area contributed by atoms with Gasteiger partial charge in [0.1, 0.15) is 5.75 Å². The molecule has 0 bridgehead atoms. The van der Waals surface area contributed by atoms with E-state index in [9.17, 15) is 4.79 Å². The molecule has 1 amide bonds. The Kier molecular flexibility index (Phi) is 3.10. The molecule has 0 aromatic heterocycles. The topological polar surface area (TPSA) is 55.6 Å². The van der Waals surface area contributed by atoms with E-state index in [1.54, 1.807) is 12.0 Å². The van der Waals surface area contributed by atoms with Crippen molar-refractivity contribution in [2.45, 2.75) is 18.9 Å². The van der Waals surface area contributed by atoms with Crippen LogP contribution < -0.4 is 15.4 Å². The lowest BCUT2D eigenvalue weighted by Gasteiger charge is -2.30. The minimum atomic E-state index is -0.351. The Hall–Kier alpha value is -1.55. The van der Waals surface area contributed by atoms with Crippen LogP contribution in [0.3, 0.4) is 0 Å². The molecule has 0 radical (unpaired) electrons. The molecule has 0 aliphatic carbocycles. The van der Waals surface area contributed by atoms with E-state index < -0.39 is 0 Å². The first-order valence-corrected chi connectivity index (χ1v) is 5.43. The molecule has 1 heterocycles. The summed E-state index contributed by atoms with van der Waals surface area (Å²) in [5.74, 6) is 0.800. The molecule has 1 aromatic rings. The van der Waals surface area contributed by atoms with Crippen LogP contribution in [-0.2, 0) is 4.79 Å². The van der Waals surface area contributed by atoms with Gasteiger partial charge in [-0.3, -0.25) is 4.79 Å². The van der Waals surface area contributed by atoms with Gasteiger partial charge in [-0.1, -0.05) is 0 Å². The van der Waals surface area contributed by atoms with Crippen LogP contribution in [0.1, 0.15) is 12.8 Å². The average Bonchev–Trinajstić information content (AvgIpc) is 2.33. The second-order valence-corrected chi connectivity index (χ2v) is 3.94. The van der Waals surface area contributed by atoms with Gasteiger partial charge in [0.05, 0.1) is 13.2 Å². The third kappa shape index (κ3) is 2.02. The quantitative estimate of drug-likeness (QED) is 0.813. The van der Waals surface area contributed by atoms with Crippen LogP contribution in [0.25, 0.3) is 0 Å². The number of carbonyl (C=O) groups is 1. The number of hydrogen-bond acceptors (Lipinski definition) is 3. The van der Waals surface area contributed by atoms with Gasteiger partial charge in [-0.05, 0) is 37.1 Å². The lowest BCUT2D eigenvalue weighted by atomic mass is 10.0. The number of nitrogens with two attached hydrogens (primary N) is 1. The molecule has 0 spiro atoms. The minimum absolute atomic E-state index is 0.0106. The highest BCUT2D eigenvalue weighted by Crippen LogP contribution is 2.22. The predicted octanol–water partition coefficient (Wildman–Crippen LogP) is 1.15. The molecule has 1 saturated heterocycles. The summed E-state index contributed by atoms with van der Waals surface area (Å²) in [7, 11) is 1.62. The van der Waals surface area contributed by atoms with Crippen molar-refractivity contribution >= 4 is 11.6 Å². The van der Waals surface area contributed by atoms with Crippen molar-refractivity contribution in [2.24, 2.45) is 5.73 Å². The molecule has 0 saturated carbocycles. The second kappa shape index (κ2) is 4.53. The van der Waals surface area contributed by atoms with Crippen molar-refractivity contribution in [3.8, 4) is 5.75 Å². The molecule has 4 nitrogen and oxygen atoms in total. The number of hydrogen-bond donors (Lipinski definition) is 1. The molecule has 16 heavy (non-hydrogen) atoms. The van der Waals surface area contributed by atoms with E-state index in [2.05, 4.69) is 0 Å². The van der Waals surface area contributed by atoms with Crippen molar-refractivity contribution in [3.05, 3.63) is 24.3 Å². The fourth-order valence-electron chi connectivity index (χ4n) is 1.92. The van der Waals surface area contributed by atoms with E-state index in [1.165, 1.54) is 0 Å². The molecular formula is C12H16N2O2. The number of ether oxygens (including phenoxy) is 1. The normalized spacial score (nSPS) is 21.0. The van der Waals surface area contributed by atoms with E-state index in [-0.39, 0.29) is 11.9 Å². The van der Waals surface area contributed by atoms with E-state index in [1.807, 2.05) is 24.3 Å². The van der Waals surface area contributed by atoms with Crippen molar-refractivity contribution < 1.29 is 9.53 Å². The highest BCUT2D eigenvalue weighted by Gasteiger charge is 2.26. The van der Waals surface area contributed by atoms with Gasteiger partial charge in [-0.25, -0.2) is 0 Å². The summed E-state index contributed by atoms with van der Waals surface area (Å²) in [5.41, 5.74) is 6.64. The lowest BCUT2D eigenvalue weighted by Crippen LogP contribution is -2.48. The molecule has 4 heteroatoms. The van der Waals surface area contributed by atoms with Crippen LogP contribution in [0.2, 0.25) is 0 Å². The molecule has 1 aliphatic heterocycles. The Balaban J connectivity index is 2.19. The van der Waals surface area contributed by atoms with E-state index in [0.29, 0.717) is 0 Å². The lowest BCUT2D eigenvalue weighted by molar-refractivity contribution is -0.120. The Morgan fingerprint density at radius 2 is 2.06 bits per heavy atom. The third-order valence-corrected chi connectivity index (χ3v) is 2.86. The number of benzene rings is 1. The molecule has 2 N–H and O–H groups in total. The SMILES string of the molecule is COc1ccc(N2CCCC(N)C2=O)cc1. The maximum absolute atomic E-state index is 11.8. The largest absolute Gasteiger partial charge is 0.497 e. The second-order valence-electron chi connectivity index (χ2n) is 3.94. The molecule has 1 unspecified atom stereocenters. The van der Waals surface area contributed by atoms with Gasteiger partial charge < -0.3 is 15.4 Å². The summed E-state index contributed by atoms with van der Waals surface area (Å²) in [6.07, 6.45) is 1.74. The zero-order valence-corrected chi connectivity index (χ0v) is 9.35. The number of nitrogens with zero attached hydrogens (tertiary/aromatic N) is 1. The van der Waals surface area contributed by atoms with Gasteiger partial charge >= 0.3 is 0 Å². The molecular weight excluding hydrogens is 204 g/mol. The third-order valence-electron chi connectivity index (χ3n) is 2.86. The Morgan fingerprint density at radius 1 is 1.38 bits per heavy atom. The highest BCUT2D eigenvalue weighted by molar-refractivity contribution is 5.97. The van der Waals surface area contributed by atoms with Crippen molar-refractivity contribution in [3.63, 3.8) is 0 Å². The van der Waals surface area contributed by atoms with Crippen LogP contribution in [0.15, 0.2) is 24.3 Å².